The number of fused-ring (bicyclic) bond motifs is 3. The maximum absolute atomic E-state index is 12.0. The van der Waals surface area contributed by atoms with Crippen LogP contribution in [0.5, 0.6) is 0 Å². The summed E-state index contributed by atoms with van der Waals surface area (Å²) in [4.78, 5) is 4.87. The summed E-state index contributed by atoms with van der Waals surface area (Å²) < 4.78 is 4.45. The van der Waals surface area contributed by atoms with Gasteiger partial charge in [0.25, 0.3) is 0 Å². The molecule has 0 aliphatic heterocycles. The number of aromatic nitrogens is 3. The Hall–Kier alpha value is -5.71. The summed E-state index contributed by atoms with van der Waals surface area (Å²) in [5, 5.41) is 15.5. The number of hydrogen-bond donors (Lipinski definition) is 1. The van der Waals surface area contributed by atoms with E-state index in [0.717, 1.165) is 44.9 Å². The third-order valence-corrected chi connectivity index (χ3v) is 8.79. The quantitative estimate of drug-likeness (QED) is 0.190. The fourth-order valence-corrected chi connectivity index (χ4v) is 6.82. The Morgan fingerprint density at radius 2 is 1.04 bits per heavy atom. The fourth-order valence-electron chi connectivity index (χ4n) is 6.82. The van der Waals surface area contributed by atoms with Crippen molar-refractivity contribution in [3.63, 3.8) is 0 Å². The molecule has 0 aliphatic rings. The van der Waals surface area contributed by atoms with Crippen molar-refractivity contribution >= 4 is 21.7 Å². The molecule has 8 rings (SSSR count). The summed E-state index contributed by atoms with van der Waals surface area (Å²) in [6, 6.07) is 54.8. The van der Waals surface area contributed by atoms with Crippen LogP contribution in [-0.4, -0.2) is 25.3 Å². The molecular formula is C42H33N3O. The van der Waals surface area contributed by atoms with E-state index in [9.17, 15) is 5.11 Å². The highest BCUT2D eigenvalue weighted by atomic mass is 16.3. The molecule has 1 atom stereocenters. The highest BCUT2D eigenvalue weighted by Gasteiger charge is 2.24. The molecule has 0 saturated carbocycles. The predicted molar refractivity (Wildman–Crippen MR) is 189 cm³/mol. The Morgan fingerprint density at radius 1 is 0.500 bits per heavy atom. The number of nitrogens with zero attached hydrogens (tertiary/aromatic N) is 3. The first-order chi connectivity index (χ1) is 22.8. The molecule has 8 aromatic rings. The Morgan fingerprint density at radius 3 is 1.70 bits per heavy atom. The summed E-state index contributed by atoms with van der Waals surface area (Å²) in [5.74, 6) is 0. The van der Waals surface area contributed by atoms with Gasteiger partial charge in [0.2, 0.25) is 0 Å². The van der Waals surface area contributed by atoms with E-state index in [4.69, 9.17) is 4.98 Å². The van der Waals surface area contributed by atoms with Gasteiger partial charge in [-0.15, -0.1) is 0 Å². The van der Waals surface area contributed by atoms with Gasteiger partial charge in [0.05, 0.1) is 48.1 Å². The topological polar surface area (TPSA) is 43.0 Å². The van der Waals surface area contributed by atoms with Crippen LogP contribution in [0.4, 0.5) is 0 Å². The van der Waals surface area contributed by atoms with Gasteiger partial charge in [0, 0.05) is 27.5 Å². The minimum Gasteiger partial charge on any atom is -0.389 e. The normalized spacial score (nSPS) is 12.1. The van der Waals surface area contributed by atoms with Gasteiger partial charge < -0.3 is 14.2 Å². The van der Waals surface area contributed by atoms with E-state index in [1.54, 1.807) is 0 Å². The van der Waals surface area contributed by atoms with E-state index in [1.165, 1.54) is 21.7 Å². The zero-order valence-electron chi connectivity index (χ0n) is 25.4. The molecule has 4 heteroatoms. The molecule has 0 saturated heterocycles. The minimum atomic E-state index is -0.694. The van der Waals surface area contributed by atoms with Gasteiger partial charge >= 0.3 is 0 Å². The van der Waals surface area contributed by atoms with E-state index >= 15 is 0 Å². The van der Waals surface area contributed by atoms with E-state index in [2.05, 4.69) is 130 Å². The lowest BCUT2D eigenvalue weighted by Crippen LogP contribution is -2.23. The van der Waals surface area contributed by atoms with E-state index in [1.807, 2.05) is 42.7 Å². The SMILES string of the molecule is O[C@@H](Cn1cnc(-c2ccccc2)c1-c1ccccc1)Cn1c(-c2ccccc2)c(-c2ccccc2)c2ccc3ccccc3c21. The summed E-state index contributed by atoms with van der Waals surface area (Å²) >= 11 is 0. The molecule has 46 heavy (non-hydrogen) atoms. The van der Waals surface area contributed by atoms with Crippen molar-refractivity contribution in [2.45, 2.75) is 19.2 Å². The molecule has 222 valence electrons. The van der Waals surface area contributed by atoms with Crippen LogP contribution in [0.2, 0.25) is 0 Å². The molecule has 1 N–H and O–H groups in total. The van der Waals surface area contributed by atoms with Crippen LogP contribution >= 0.6 is 0 Å². The molecule has 0 amide bonds. The molecule has 2 heterocycles. The van der Waals surface area contributed by atoms with Crippen molar-refractivity contribution < 1.29 is 5.11 Å². The first-order valence-electron chi connectivity index (χ1n) is 15.7. The molecule has 0 spiro atoms. The van der Waals surface area contributed by atoms with Gasteiger partial charge in [-0.25, -0.2) is 4.98 Å². The van der Waals surface area contributed by atoms with Gasteiger partial charge in [-0.05, 0) is 16.5 Å². The van der Waals surface area contributed by atoms with Crippen LogP contribution in [-0.2, 0) is 13.1 Å². The molecule has 0 aliphatic carbocycles. The first-order valence-corrected chi connectivity index (χ1v) is 15.7. The van der Waals surface area contributed by atoms with Gasteiger partial charge in [0.1, 0.15) is 0 Å². The average Bonchev–Trinajstić information content (AvgIpc) is 3.69. The molecule has 6 aromatic carbocycles. The predicted octanol–water partition coefficient (Wildman–Crippen LogP) is 9.72. The first kappa shape index (κ1) is 27.8. The van der Waals surface area contributed by atoms with Crippen LogP contribution < -0.4 is 0 Å². The molecule has 2 aromatic heterocycles. The lowest BCUT2D eigenvalue weighted by molar-refractivity contribution is 0.137. The summed E-state index contributed by atoms with van der Waals surface area (Å²) in [6.45, 7) is 0.804. The molecule has 0 radical (unpaired) electrons. The van der Waals surface area contributed by atoms with Crippen molar-refractivity contribution in [2.24, 2.45) is 0 Å². The zero-order chi connectivity index (χ0) is 30.9. The Labute approximate surface area is 268 Å². The lowest BCUT2D eigenvalue weighted by Gasteiger charge is -2.19. The van der Waals surface area contributed by atoms with Crippen LogP contribution in [0.25, 0.3) is 66.6 Å². The molecular weight excluding hydrogens is 562 g/mol. The summed E-state index contributed by atoms with van der Waals surface area (Å²) in [5.41, 5.74) is 9.73. The molecule has 0 bridgehead atoms. The average molecular weight is 596 g/mol. The third kappa shape index (κ3) is 4.99. The molecule has 0 unspecified atom stereocenters. The van der Waals surface area contributed by atoms with Gasteiger partial charge in [-0.3, -0.25) is 0 Å². The molecule has 4 nitrogen and oxygen atoms in total. The monoisotopic (exact) mass is 595 g/mol. The second kappa shape index (κ2) is 12.0. The van der Waals surface area contributed by atoms with Crippen molar-refractivity contribution in [1.82, 2.24) is 14.1 Å². The number of aliphatic hydroxyl groups excluding tert-OH is 1. The highest BCUT2D eigenvalue weighted by molar-refractivity contribution is 6.15. The van der Waals surface area contributed by atoms with Crippen LogP contribution in [0.15, 0.2) is 164 Å². The van der Waals surface area contributed by atoms with Crippen molar-refractivity contribution in [3.05, 3.63) is 164 Å². The van der Waals surface area contributed by atoms with Crippen molar-refractivity contribution in [1.29, 1.82) is 0 Å². The fraction of sp³-hybridized carbons (Fsp3) is 0.0714. The van der Waals surface area contributed by atoms with Crippen LogP contribution in [0.1, 0.15) is 0 Å². The number of hydrogen-bond acceptors (Lipinski definition) is 2. The van der Waals surface area contributed by atoms with Crippen molar-refractivity contribution in [3.8, 4) is 44.9 Å². The Kier molecular flexibility index (Phi) is 7.25. The van der Waals surface area contributed by atoms with Crippen LogP contribution in [0, 0.1) is 0 Å². The lowest BCUT2D eigenvalue weighted by atomic mass is 9.97. The zero-order valence-corrected chi connectivity index (χ0v) is 25.4. The second-order valence-corrected chi connectivity index (χ2v) is 11.7. The van der Waals surface area contributed by atoms with Crippen molar-refractivity contribution in [2.75, 3.05) is 0 Å². The largest absolute Gasteiger partial charge is 0.389 e. The maximum atomic E-state index is 12.0. The number of aliphatic hydroxyl groups is 1. The highest BCUT2D eigenvalue weighted by Crippen LogP contribution is 2.43. The summed E-state index contributed by atoms with van der Waals surface area (Å²) in [7, 11) is 0. The van der Waals surface area contributed by atoms with Gasteiger partial charge in [0.15, 0.2) is 0 Å². The standard InChI is InChI=1S/C42H33N3O/c46-35(27-44-29-43-39(32-18-7-2-8-19-32)41(44)34-22-11-4-12-23-34)28-45-40(33-20-9-3-10-21-33)38(31-16-5-1-6-17-31)37-26-25-30-15-13-14-24-36(30)42(37)45/h1-26,29,35,46H,27-28H2/t35-/m0/s1. The van der Waals surface area contributed by atoms with E-state index in [0.29, 0.717) is 13.1 Å². The third-order valence-electron chi connectivity index (χ3n) is 8.79. The van der Waals surface area contributed by atoms with Gasteiger partial charge in [-0.2, -0.15) is 0 Å². The number of rotatable bonds is 8. The van der Waals surface area contributed by atoms with E-state index < -0.39 is 6.10 Å². The molecule has 0 fully saturated rings. The maximum Gasteiger partial charge on any atom is 0.0963 e. The Balaban J connectivity index is 1.30. The van der Waals surface area contributed by atoms with Crippen LogP contribution in [0.3, 0.4) is 0 Å². The number of imidazole rings is 1. The Bertz CT molecular complexity index is 2250. The smallest absolute Gasteiger partial charge is 0.0963 e. The van der Waals surface area contributed by atoms with Gasteiger partial charge in [-0.1, -0.05) is 158 Å². The minimum absolute atomic E-state index is 0.392. The van der Waals surface area contributed by atoms with E-state index in [-0.39, 0.29) is 0 Å². The second-order valence-electron chi connectivity index (χ2n) is 11.7. The summed E-state index contributed by atoms with van der Waals surface area (Å²) in [6.07, 6.45) is 1.17. The number of benzene rings is 6.